The van der Waals surface area contributed by atoms with Crippen molar-refractivity contribution in [3.05, 3.63) is 0 Å². The molecule has 4 aliphatic rings. The Bertz CT molecular complexity index is 162. The van der Waals surface area contributed by atoms with E-state index >= 15 is 0 Å². The van der Waals surface area contributed by atoms with Gasteiger partial charge in [-0.3, -0.25) is 4.90 Å². The highest BCUT2D eigenvalue weighted by Gasteiger charge is 2.45. The maximum atomic E-state index is 3.73. The summed E-state index contributed by atoms with van der Waals surface area (Å²) in [5.41, 5.74) is 0. The average Bonchev–Trinajstić information content (AvgIpc) is 2.02. The second-order valence-electron chi connectivity index (χ2n) is 4.64. The Hall–Kier alpha value is -0.0800. The van der Waals surface area contributed by atoms with Crippen LogP contribution < -0.4 is 5.32 Å². The summed E-state index contributed by atoms with van der Waals surface area (Å²) in [6, 6.07) is 3.60. The van der Waals surface area contributed by atoms with Crippen molar-refractivity contribution in [3.8, 4) is 0 Å². The first-order chi connectivity index (χ1) is 5.86. The van der Waals surface area contributed by atoms with Crippen molar-refractivity contribution in [3.63, 3.8) is 0 Å². The minimum absolute atomic E-state index is 0.871. The normalized spacial score (nSPS) is 51.8. The zero-order valence-electron chi connectivity index (χ0n) is 7.79. The van der Waals surface area contributed by atoms with Crippen LogP contribution in [0.2, 0.25) is 0 Å². The third kappa shape index (κ3) is 0.882. The Morgan fingerprint density at radius 3 is 2.00 bits per heavy atom. The van der Waals surface area contributed by atoms with Crippen molar-refractivity contribution in [2.45, 2.75) is 56.8 Å². The van der Waals surface area contributed by atoms with Crippen LogP contribution in [0.3, 0.4) is 0 Å². The highest BCUT2D eigenvalue weighted by atomic mass is 15.3. The summed E-state index contributed by atoms with van der Waals surface area (Å²) in [7, 11) is 0. The molecule has 0 aromatic carbocycles. The molecule has 0 amide bonds. The van der Waals surface area contributed by atoms with Gasteiger partial charge in [0.2, 0.25) is 0 Å². The maximum absolute atomic E-state index is 3.73. The molecule has 4 heterocycles. The molecule has 4 aliphatic heterocycles. The van der Waals surface area contributed by atoms with Crippen LogP contribution in [-0.4, -0.2) is 35.6 Å². The van der Waals surface area contributed by atoms with Gasteiger partial charge in [-0.05, 0) is 32.2 Å². The fraction of sp³-hybridized carbons (Fsp3) is 1.00. The molecule has 0 aliphatic carbocycles. The summed E-state index contributed by atoms with van der Waals surface area (Å²) < 4.78 is 0. The van der Waals surface area contributed by atoms with Gasteiger partial charge in [0, 0.05) is 24.2 Å². The minimum atomic E-state index is 0.871. The van der Waals surface area contributed by atoms with E-state index in [0.717, 1.165) is 24.2 Å². The maximum Gasteiger partial charge on any atom is 0.0128 e. The standard InChI is InChI=1S/C10H18N2/c1-2-12-9-3-7-4-10(12)6-8(5-9)11-7/h7-11H,2-6H2,1H3. The lowest BCUT2D eigenvalue weighted by molar-refractivity contribution is -0.0268. The number of nitrogens with zero attached hydrogens (tertiary/aromatic N) is 1. The van der Waals surface area contributed by atoms with E-state index in [4.69, 9.17) is 0 Å². The van der Waals surface area contributed by atoms with E-state index in [0.29, 0.717) is 0 Å². The van der Waals surface area contributed by atoms with Crippen molar-refractivity contribution < 1.29 is 0 Å². The monoisotopic (exact) mass is 166 g/mol. The van der Waals surface area contributed by atoms with Crippen LogP contribution in [0.1, 0.15) is 32.6 Å². The zero-order chi connectivity index (χ0) is 8.13. The summed E-state index contributed by atoms with van der Waals surface area (Å²) in [4.78, 5) is 2.74. The Kier molecular flexibility index (Phi) is 1.50. The second kappa shape index (κ2) is 2.46. The van der Waals surface area contributed by atoms with Crippen molar-refractivity contribution in [1.29, 1.82) is 0 Å². The Morgan fingerprint density at radius 1 is 1.08 bits per heavy atom. The summed E-state index contributed by atoms with van der Waals surface area (Å²) >= 11 is 0. The van der Waals surface area contributed by atoms with Crippen LogP contribution in [0, 0.1) is 0 Å². The van der Waals surface area contributed by atoms with Crippen LogP contribution in [0.25, 0.3) is 0 Å². The molecule has 2 nitrogen and oxygen atoms in total. The Morgan fingerprint density at radius 2 is 1.58 bits per heavy atom. The topological polar surface area (TPSA) is 15.3 Å². The summed E-state index contributed by atoms with van der Waals surface area (Å²) in [5, 5.41) is 3.73. The van der Waals surface area contributed by atoms with Gasteiger partial charge in [0.25, 0.3) is 0 Å². The molecule has 12 heavy (non-hydrogen) atoms. The molecule has 0 unspecified atom stereocenters. The van der Waals surface area contributed by atoms with Crippen molar-refractivity contribution >= 4 is 0 Å². The zero-order valence-corrected chi connectivity index (χ0v) is 7.79. The van der Waals surface area contributed by atoms with Gasteiger partial charge in [0.05, 0.1) is 0 Å². The lowest BCUT2D eigenvalue weighted by atomic mass is 9.74. The van der Waals surface area contributed by atoms with Crippen molar-refractivity contribution in [2.24, 2.45) is 0 Å². The minimum Gasteiger partial charge on any atom is -0.311 e. The fourth-order valence-corrected chi connectivity index (χ4v) is 3.66. The molecule has 1 N–H and O–H groups in total. The smallest absolute Gasteiger partial charge is 0.0128 e. The molecule has 0 aromatic rings. The SMILES string of the molecule is CCN1C2CC3CC1CC(C2)N3. The molecule has 0 saturated carbocycles. The molecule has 4 fully saturated rings. The van der Waals surface area contributed by atoms with Gasteiger partial charge in [0.1, 0.15) is 0 Å². The van der Waals surface area contributed by atoms with E-state index in [2.05, 4.69) is 17.1 Å². The van der Waals surface area contributed by atoms with E-state index < -0.39 is 0 Å². The van der Waals surface area contributed by atoms with E-state index in [9.17, 15) is 0 Å². The van der Waals surface area contributed by atoms with E-state index in [-0.39, 0.29) is 0 Å². The number of nitrogens with one attached hydrogen (secondary N) is 1. The van der Waals surface area contributed by atoms with E-state index in [1.807, 2.05) is 0 Å². The first-order valence-electron chi connectivity index (χ1n) is 5.38. The molecule has 0 radical (unpaired) electrons. The Labute approximate surface area is 74.3 Å². The molecule has 0 atom stereocenters. The van der Waals surface area contributed by atoms with Gasteiger partial charge in [-0.1, -0.05) is 6.92 Å². The third-order valence-electron chi connectivity index (χ3n) is 4.00. The highest BCUT2D eigenvalue weighted by Crippen LogP contribution is 2.38. The predicted molar refractivity (Wildman–Crippen MR) is 49.1 cm³/mol. The fourth-order valence-electron chi connectivity index (χ4n) is 3.66. The summed E-state index contributed by atoms with van der Waals surface area (Å²) in [6.45, 7) is 3.59. The van der Waals surface area contributed by atoms with Gasteiger partial charge in [0.15, 0.2) is 0 Å². The Balaban J connectivity index is 1.86. The number of piperidine rings is 4. The van der Waals surface area contributed by atoms with Gasteiger partial charge in [-0.2, -0.15) is 0 Å². The molecule has 2 heteroatoms. The van der Waals surface area contributed by atoms with Crippen LogP contribution in [0.15, 0.2) is 0 Å². The lowest BCUT2D eigenvalue weighted by Crippen LogP contribution is -2.67. The third-order valence-corrected chi connectivity index (χ3v) is 4.00. The van der Waals surface area contributed by atoms with Crippen molar-refractivity contribution in [1.82, 2.24) is 10.2 Å². The largest absolute Gasteiger partial charge is 0.311 e. The van der Waals surface area contributed by atoms with Crippen molar-refractivity contribution in [2.75, 3.05) is 6.54 Å². The van der Waals surface area contributed by atoms with Crippen LogP contribution >= 0.6 is 0 Å². The second-order valence-corrected chi connectivity index (χ2v) is 4.64. The highest BCUT2D eigenvalue weighted by molar-refractivity contribution is 5.04. The van der Waals surface area contributed by atoms with Crippen LogP contribution in [0.4, 0.5) is 0 Å². The predicted octanol–water partition coefficient (Wildman–Crippen LogP) is 0.974. The van der Waals surface area contributed by atoms with Gasteiger partial charge in [-0.15, -0.1) is 0 Å². The molecule has 0 spiro atoms. The van der Waals surface area contributed by atoms with Gasteiger partial charge in [-0.25, -0.2) is 0 Å². The number of hydrogen-bond acceptors (Lipinski definition) is 2. The number of hydrogen-bond donors (Lipinski definition) is 1. The molecular formula is C10H18N2. The van der Waals surface area contributed by atoms with E-state index in [1.165, 1.54) is 32.2 Å². The lowest BCUT2D eigenvalue weighted by Gasteiger charge is -2.56. The quantitative estimate of drug-likeness (QED) is 0.624. The van der Waals surface area contributed by atoms with Crippen LogP contribution in [-0.2, 0) is 0 Å². The molecule has 4 bridgehead atoms. The molecule has 4 rings (SSSR count). The molecule has 4 saturated heterocycles. The van der Waals surface area contributed by atoms with Gasteiger partial charge >= 0.3 is 0 Å². The molecular weight excluding hydrogens is 148 g/mol. The first-order valence-corrected chi connectivity index (χ1v) is 5.38. The first kappa shape index (κ1) is 7.34. The van der Waals surface area contributed by atoms with Crippen LogP contribution in [0.5, 0.6) is 0 Å². The summed E-state index contributed by atoms with van der Waals surface area (Å²) in [6.07, 6.45) is 5.67. The molecule has 0 aromatic heterocycles. The van der Waals surface area contributed by atoms with Gasteiger partial charge < -0.3 is 5.32 Å². The molecule has 68 valence electrons. The number of rotatable bonds is 1. The summed E-state index contributed by atoms with van der Waals surface area (Å²) in [5.74, 6) is 0. The van der Waals surface area contributed by atoms with E-state index in [1.54, 1.807) is 0 Å². The average molecular weight is 166 g/mol.